The minimum absolute atomic E-state index is 0.166. The number of carbonyl (C=O) groups excluding carboxylic acids is 1. The topological polar surface area (TPSA) is 75.7 Å². The van der Waals surface area contributed by atoms with Gasteiger partial charge < -0.3 is 25.0 Å². The van der Waals surface area contributed by atoms with Crippen LogP contribution in [0.2, 0.25) is 0 Å². The van der Waals surface area contributed by atoms with Crippen LogP contribution in [0.1, 0.15) is 19.8 Å². The van der Waals surface area contributed by atoms with Gasteiger partial charge in [0, 0.05) is 25.0 Å². The molecule has 2 amide bonds. The Labute approximate surface area is 166 Å². The average Bonchev–Trinajstić information content (AvgIpc) is 2.70. The third kappa shape index (κ3) is 6.42. The van der Waals surface area contributed by atoms with Crippen molar-refractivity contribution >= 4 is 11.7 Å². The van der Waals surface area contributed by atoms with E-state index in [2.05, 4.69) is 27.6 Å². The van der Waals surface area contributed by atoms with E-state index in [4.69, 9.17) is 9.47 Å². The summed E-state index contributed by atoms with van der Waals surface area (Å²) in [7, 11) is 2.13. The molecule has 1 atom stereocenters. The van der Waals surface area contributed by atoms with Gasteiger partial charge in [-0.15, -0.1) is 0 Å². The quantitative estimate of drug-likeness (QED) is 0.767. The number of aromatic nitrogens is 1. The Balaban J connectivity index is 1.39. The zero-order chi connectivity index (χ0) is 19.8. The summed E-state index contributed by atoms with van der Waals surface area (Å²) in [6, 6.07) is 10.8. The zero-order valence-electron chi connectivity index (χ0n) is 16.4. The first kappa shape index (κ1) is 19.9. The first-order valence-corrected chi connectivity index (χ1v) is 9.65. The second-order valence-corrected chi connectivity index (χ2v) is 7.10. The van der Waals surface area contributed by atoms with Crippen molar-refractivity contribution in [3.05, 3.63) is 48.8 Å². The maximum absolute atomic E-state index is 12.1. The lowest BCUT2D eigenvalue weighted by Gasteiger charge is -2.29. The number of likely N-dealkylation sites (tertiary alicyclic amines) is 1. The Morgan fingerprint density at radius 3 is 2.64 bits per heavy atom. The summed E-state index contributed by atoms with van der Waals surface area (Å²) in [5.41, 5.74) is 0.717. The van der Waals surface area contributed by atoms with Crippen molar-refractivity contribution in [3.8, 4) is 11.5 Å². The molecule has 1 unspecified atom stereocenters. The largest absolute Gasteiger partial charge is 0.490 e. The number of urea groups is 1. The normalized spacial score (nSPS) is 16.2. The Morgan fingerprint density at radius 1 is 1.21 bits per heavy atom. The number of nitrogens with zero attached hydrogens (tertiary/aromatic N) is 2. The van der Waals surface area contributed by atoms with Gasteiger partial charge in [0.2, 0.25) is 0 Å². The molecule has 28 heavy (non-hydrogen) atoms. The lowest BCUT2D eigenvalue weighted by Crippen LogP contribution is -2.36. The molecule has 1 fully saturated rings. The van der Waals surface area contributed by atoms with Gasteiger partial charge in [-0.05, 0) is 63.2 Å². The zero-order valence-corrected chi connectivity index (χ0v) is 16.4. The molecule has 3 rings (SSSR count). The predicted octanol–water partition coefficient (Wildman–Crippen LogP) is 3.14. The van der Waals surface area contributed by atoms with Crippen LogP contribution in [0.15, 0.2) is 48.8 Å². The van der Waals surface area contributed by atoms with E-state index in [-0.39, 0.29) is 18.2 Å². The number of ether oxygens (including phenoxy) is 2. The van der Waals surface area contributed by atoms with Gasteiger partial charge in [-0.1, -0.05) is 0 Å². The van der Waals surface area contributed by atoms with Crippen molar-refractivity contribution in [1.29, 1.82) is 0 Å². The van der Waals surface area contributed by atoms with E-state index < -0.39 is 0 Å². The van der Waals surface area contributed by atoms with Crippen molar-refractivity contribution in [3.63, 3.8) is 0 Å². The summed E-state index contributed by atoms with van der Waals surface area (Å²) in [5.74, 6) is 1.51. The first-order valence-electron chi connectivity index (χ1n) is 9.65. The van der Waals surface area contributed by atoms with Gasteiger partial charge in [-0.3, -0.25) is 4.98 Å². The third-order valence-corrected chi connectivity index (χ3v) is 4.60. The van der Waals surface area contributed by atoms with E-state index in [0.717, 1.165) is 31.7 Å². The second-order valence-electron chi connectivity index (χ2n) is 7.10. The molecule has 7 nitrogen and oxygen atoms in total. The minimum Gasteiger partial charge on any atom is -0.490 e. The Bertz CT molecular complexity index is 731. The predicted molar refractivity (Wildman–Crippen MR) is 109 cm³/mol. The van der Waals surface area contributed by atoms with E-state index in [9.17, 15) is 4.79 Å². The minimum atomic E-state index is -0.273. The molecule has 2 N–H and O–H groups in total. The van der Waals surface area contributed by atoms with E-state index in [0.29, 0.717) is 18.0 Å². The van der Waals surface area contributed by atoms with E-state index in [1.807, 2.05) is 43.3 Å². The fraction of sp³-hybridized carbons (Fsp3) is 0.429. The molecule has 1 aliphatic rings. The van der Waals surface area contributed by atoms with Crippen LogP contribution in [-0.2, 0) is 0 Å². The van der Waals surface area contributed by atoms with E-state index in [1.54, 1.807) is 12.4 Å². The number of rotatable bonds is 7. The number of benzene rings is 1. The van der Waals surface area contributed by atoms with Crippen LogP contribution in [0.4, 0.5) is 10.5 Å². The summed E-state index contributed by atoms with van der Waals surface area (Å²) < 4.78 is 11.7. The molecule has 0 aliphatic carbocycles. The maximum Gasteiger partial charge on any atom is 0.319 e. The fourth-order valence-corrected chi connectivity index (χ4v) is 3.01. The number of anilines is 1. The number of nitrogens with one attached hydrogen (secondary N) is 2. The molecule has 7 heteroatoms. The fourth-order valence-electron chi connectivity index (χ4n) is 3.01. The van der Waals surface area contributed by atoms with Crippen LogP contribution in [0.5, 0.6) is 11.5 Å². The molecule has 0 spiro atoms. The van der Waals surface area contributed by atoms with Crippen molar-refractivity contribution in [1.82, 2.24) is 15.2 Å². The monoisotopic (exact) mass is 384 g/mol. The van der Waals surface area contributed by atoms with Crippen LogP contribution in [-0.4, -0.2) is 54.8 Å². The first-order chi connectivity index (χ1) is 13.6. The standard InChI is InChI=1S/C21H28N4O3/c1-16(27-20-4-3-11-22-15-20)14-23-21(26)24-17-5-7-18(8-6-17)28-19-9-12-25(2)13-10-19/h3-8,11,15-16,19H,9-10,12-14H2,1-2H3,(H2,23,24,26). The van der Waals surface area contributed by atoms with E-state index in [1.165, 1.54) is 0 Å². The SMILES string of the molecule is CC(CNC(=O)Nc1ccc(OC2CCN(C)CC2)cc1)Oc1cccnc1. The maximum atomic E-state index is 12.1. The molecule has 1 aromatic heterocycles. The third-order valence-electron chi connectivity index (χ3n) is 4.60. The van der Waals surface area contributed by atoms with Crippen LogP contribution in [0, 0.1) is 0 Å². The molecule has 1 aromatic carbocycles. The van der Waals surface area contributed by atoms with Gasteiger partial charge in [-0.25, -0.2) is 4.79 Å². The number of piperidine rings is 1. The number of hydrogen-bond donors (Lipinski definition) is 2. The van der Waals surface area contributed by atoms with Gasteiger partial charge in [-0.2, -0.15) is 0 Å². The van der Waals surface area contributed by atoms with Crippen LogP contribution in [0.25, 0.3) is 0 Å². The van der Waals surface area contributed by atoms with Crippen LogP contribution < -0.4 is 20.1 Å². The lowest BCUT2D eigenvalue weighted by molar-refractivity contribution is 0.114. The number of amides is 2. The second kappa shape index (κ2) is 9.94. The van der Waals surface area contributed by atoms with Crippen molar-refractivity contribution < 1.29 is 14.3 Å². The molecule has 2 heterocycles. The molecule has 150 valence electrons. The van der Waals surface area contributed by atoms with Gasteiger partial charge in [0.1, 0.15) is 23.7 Å². The van der Waals surface area contributed by atoms with Gasteiger partial charge >= 0.3 is 6.03 Å². The summed E-state index contributed by atoms with van der Waals surface area (Å²) in [5, 5.41) is 5.62. The Morgan fingerprint density at radius 2 is 1.96 bits per heavy atom. The smallest absolute Gasteiger partial charge is 0.319 e. The molecule has 2 aromatic rings. The highest BCUT2D eigenvalue weighted by Crippen LogP contribution is 2.20. The number of pyridine rings is 1. The molecule has 0 bridgehead atoms. The Kier molecular flexibility index (Phi) is 7.08. The van der Waals surface area contributed by atoms with Crippen LogP contribution in [0.3, 0.4) is 0 Å². The summed E-state index contributed by atoms with van der Waals surface area (Å²) in [6.45, 7) is 4.40. The van der Waals surface area contributed by atoms with Crippen molar-refractivity contribution in [2.75, 3.05) is 32.0 Å². The van der Waals surface area contributed by atoms with Gasteiger partial charge in [0.05, 0.1) is 12.7 Å². The summed E-state index contributed by atoms with van der Waals surface area (Å²) in [6.07, 6.45) is 5.51. The van der Waals surface area contributed by atoms with Crippen LogP contribution >= 0.6 is 0 Å². The lowest BCUT2D eigenvalue weighted by atomic mass is 10.1. The molecule has 1 aliphatic heterocycles. The van der Waals surface area contributed by atoms with Gasteiger partial charge in [0.25, 0.3) is 0 Å². The summed E-state index contributed by atoms with van der Waals surface area (Å²) >= 11 is 0. The molecule has 0 radical (unpaired) electrons. The van der Waals surface area contributed by atoms with Crippen molar-refractivity contribution in [2.24, 2.45) is 0 Å². The van der Waals surface area contributed by atoms with Gasteiger partial charge in [0.15, 0.2) is 0 Å². The van der Waals surface area contributed by atoms with E-state index >= 15 is 0 Å². The molecule has 1 saturated heterocycles. The number of carbonyl (C=O) groups is 1. The highest BCUT2D eigenvalue weighted by Gasteiger charge is 2.17. The highest BCUT2D eigenvalue weighted by molar-refractivity contribution is 5.89. The number of hydrogen-bond acceptors (Lipinski definition) is 5. The average molecular weight is 384 g/mol. The van der Waals surface area contributed by atoms with Crippen molar-refractivity contribution in [2.45, 2.75) is 32.0 Å². The summed E-state index contributed by atoms with van der Waals surface area (Å²) in [4.78, 5) is 18.4. The highest BCUT2D eigenvalue weighted by atomic mass is 16.5. The molecular formula is C21H28N4O3. The Hall–Kier alpha value is -2.80. The molecule has 0 saturated carbocycles. The molecular weight excluding hydrogens is 356 g/mol.